The van der Waals surface area contributed by atoms with E-state index >= 15 is 0 Å². The van der Waals surface area contributed by atoms with Crippen molar-refractivity contribution in [2.45, 2.75) is 13.3 Å². The summed E-state index contributed by atoms with van der Waals surface area (Å²) in [6, 6.07) is 6.04. The molecule has 0 heterocycles. The summed E-state index contributed by atoms with van der Waals surface area (Å²) >= 11 is 0. The molecule has 1 amide bonds. The highest BCUT2D eigenvalue weighted by atomic mass is 16.6. The Balaban J connectivity index is 2.92. The third kappa shape index (κ3) is 3.08. The second-order valence-corrected chi connectivity index (χ2v) is 3.40. The van der Waals surface area contributed by atoms with E-state index in [1.54, 1.807) is 6.07 Å². The monoisotopic (exact) mass is 236 g/mol. The maximum absolute atomic E-state index is 10.9. The Morgan fingerprint density at radius 1 is 1.53 bits per heavy atom. The van der Waals surface area contributed by atoms with Gasteiger partial charge in [-0.15, -0.1) is 0 Å². The van der Waals surface area contributed by atoms with E-state index in [1.807, 2.05) is 0 Å². The van der Waals surface area contributed by atoms with Crippen molar-refractivity contribution < 1.29 is 9.72 Å². The summed E-state index contributed by atoms with van der Waals surface area (Å²) < 4.78 is 0. The van der Waals surface area contributed by atoms with Crippen molar-refractivity contribution in [1.82, 2.24) is 5.01 Å². The number of carbonyl (C=O) groups excluding carboxylic acids is 1. The number of benzene rings is 1. The highest BCUT2D eigenvalue weighted by Gasteiger charge is 2.17. The van der Waals surface area contributed by atoms with Crippen LogP contribution in [-0.4, -0.2) is 21.7 Å². The minimum Gasteiger partial charge on any atom is -0.287 e. The van der Waals surface area contributed by atoms with Crippen LogP contribution in [0.1, 0.15) is 12.5 Å². The molecule has 7 nitrogen and oxygen atoms in total. The summed E-state index contributed by atoms with van der Waals surface area (Å²) in [5.41, 5.74) is 0.258. The van der Waals surface area contributed by atoms with Gasteiger partial charge in [-0.05, 0) is 0 Å². The largest absolute Gasteiger partial charge is 0.287 e. The lowest BCUT2D eigenvalue weighted by Crippen LogP contribution is -2.41. The van der Waals surface area contributed by atoms with Gasteiger partial charge in [0.2, 0.25) is 5.91 Å². The number of hydrazine groups is 1. The third-order valence-electron chi connectivity index (χ3n) is 2.18. The lowest BCUT2D eigenvalue weighted by molar-refractivity contribution is -0.385. The van der Waals surface area contributed by atoms with E-state index in [1.165, 1.54) is 25.1 Å². The Labute approximate surface area is 97.5 Å². The molecule has 1 aromatic rings. The quantitative estimate of drug-likeness (QED) is 0.202. The van der Waals surface area contributed by atoms with Crippen LogP contribution < -0.4 is 5.84 Å². The van der Waals surface area contributed by atoms with Crippen molar-refractivity contribution in [2.75, 3.05) is 0 Å². The molecule has 0 saturated heterocycles. The molecule has 0 unspecified atom stereocenters. The normalized spacial score (nSPS) is 9.76. The molecule has 3 N–H and O–H groups in total. The number of carbonyl (C=O) groups is 1. The molecular weight excluding hydrogens is 224 g/mol. The van der Waals surface area contributed by atoms with Crippen LogP contribution in [0.25, 0.3) is 0 Å². The molecule has 0 saturated carbocycles. The summed E-state index contributed by atoms with van der Waals surface area (Å²) in [6.07, 6.45) is -0.0623. The topological polar surface area (TPSA) is 113 Å². The lowest BCUT2D eigenvalue weighted by atomic mass is 10.1. The number of amides is 1. The summed E-state index contributed by atoms with van der Waals surface area (Å²) in [7, 11) is 0. The Morgan fingerprint density at radius 3 is 2.65 bits per heavy atom. The fraction of sp³-hybridized carbons (Fsp3) is 0.200. The number of amidine groups is 1. The van der Waals surface area contributed by atoms with Gasteiger partial charge in [-0.2, -0.15) is 0 Å². The molecule has 17 heavy (non-hydrogen) atoms. The minimum atomic E-state index is -0.531. The lowest BCUT2D eigenvalue weighted by Gasteiger charge is -2.14. The van der Waals surface area contributed by atoms with E-state index in [2.05, 4.69) is 0 Å². The van der Waals surface area contributed by atoms with Crippen LogP contribution in [0.15, 0.2) is 24.3 Å². The van der Waals surface area contributed by atoms with E-state index in [-0.39, 0.29) is 17.9 Å². The highest BCUT2D eigenvalue weighted by Crippen LogP contribution is 2.18. The van der Waals surface area contributed by atoms with Gasteiger partial charge in [-0.25, -0.2) is 10.9 Å². The molecule has 0 atom stereocenters. The van der Waals surface area contributed by atoms with E-state index in [0.717, 1.165) is 0 Å². The van der Waals surface area contributed by atoms with Crippen molar-refractivity contribution in [3.05, 3.63) is 39.9 Å². The van der Waals surface area contributed by atoms with Gasteiger partial charge >= 0.3 is 0 Å². The van der Waals surface area contributed by atoms with Crippen molar-refractivity contribution in [3.8, 4) is 0 Å². The number of nitrogens with one attached hydrogen (secondary N) is 1. The van der Waals surface area contributed by atoms with Crippen molar-refractivity contribution in [3.63, 3.8) is 0 Å². The number of hydrogen-bond acceptors (Lipinski definition) is 5. The summed E-state index contributed by atoms with van der Waals surface area (Å²) in [6.45, 7) is 1.22. The zero-order chi connectivity index (χ0) is 13.0. The fourth-order valence-electron chi connectivity index (χ4n) is 1.29. The van der Waals surface area contributed by atoms with E-state index < -0.39 is 10.8 Å². The van der Waals surface area contributed by atoms with E-state index in [0.29, 0.717) is 10.6 Å². The molecule has 0 aromatic heterocycles. The summed E-state index contributed by atoms with van der Waals surface area (Å²) in [5, 5.41) is 19.0. The predicted molar refractivity (Wildman–Crippen MR) is 61.2 cm³/mol. The zero-order valence-corrected chi connectivity index (χ0v) is 9.21. The van der Waals surface area contributed by atoms with Gasteiger partial charge < -0.3 is 0 Å². The molecule has 0 aliphatic heterocycles. The molecule has 0 aliphatic carbocycles. The van der Waals surface area contributed by atoms with Gasteiger partial charge in [-0.1, -0.05) is 18.2 Å². The van der Waals surface area contributed by atoms with Crippen LogP contribution in [0.3, 0.4) is 0 Å². The van der Waals surface area contributed by atoms with Gasteiger partial charge in [0.05, 0.1) is 4.92 Å². The first-order valence-electron chi connectivity index (χ1n) is 4.78. The molecular formula is C10H12N4O3. The second-order valence-electron chi connectivity index (χ2n) is 3.40. The molecule has 0 spiro atoms. The SMILES string of the molecule is CC(=O)N(N)C(=N)Cc1ccccc1[N+](=O)[O-]. The fourth-order valence-corrected chi connectivity index (χ4v) is 1.29. The smallest absolute Gasteiger partial charge is 0.273 e. The van der Waals surface area contributed by atoms with Gasteiger partial charge in [0.25, 0.3) is 5.69 Å². The number of rotatable bonds is 3. The molecule has 0 aliphatic rings. The van der Waals surface area contributed by atoms with Crippen LogP contribution in [0.4, 0.5) is 5.69 Å². The van der Waals surface area contributed by atoms with Crippen molar-refractivity contribution in [1.29, 1.82) is 5.41 Å². The van der Waals surface area contributed by atoms with Crippen LogP contribution in [0.5, 0.6) is 0 Å². The molecule has 7 heteroatoms. The first kappa shape index (κ1) is 12.8. The first-order valence-corrected chi connectivity index (χ1v) is 4.78. The van der Waals surface area contributed by atoms with Gasteiger partial charge in [0, 0.05) is 25.0 Å². The van der Waals surface area contributed by atoms with Crippen molar-refractivity contribution >= 4 is 17.4 Å². The predicted octanol–water partition coefficient (Wildman–Crippen LogP) is 0.837. The highest BCUT2D eigenvalue weighted by molar-refractivity contribution is 5.96. The van der Waals surface area contributed by atoms with Crippen LogP contribution in [-0.2, 0) is 11.2 Å². The number of nitrogens with zero attached hydrogens (tertiary/aromatic N) is 2. The number of para-hydroxylation sites is 1. The maximum atomic E-state index is 10.9. The molecule has 1 aromatic carbocycles. The van der Waals surface area contributed by atoms with E-state index in [4.69, 9.17) is 11.3 Å². The molecule has 0 radical (unpaired) electrons. The average Bonchev–Trinajstić information content (AvgIpc) is 2.28. The third-order valence-corrected chi connectivity index (χ3v) is 2.18. The molecule has 1 rings (SSSR count). The van der Waals surface area contributed by atoms with Crippen LogP contribution in [0, 0.1) is 15.5 Å². The summed E-state index contributed by atoms with van der Waals surface area (Å²) in [4.78, 5) is 21.1. The molecule has 0 bridgehead atoms. The number of nitro groups is 1. The molecule has 90 valence electrons. The van der Waals surface area contributed by atoms with E-state index in [9.17, 15) is 14.9 Å². The summed E-state index contributed by atoms with van der Waals surface area (Å²) in [5.74, 6) is 4.64. The standard InChI is InChI=1S/C10H12N4O3/c1-7(15)13(12)10(11)6-8-4-2-3-5-9(8)14(16)17/h2-5,11H,6,12H2,1H3. The van der Waals surface area contributed by atoms with Crippen molar-refractivity contribution in [2.24, 2.45) is 5.84 Å². The Bertz CT molecular complexity index is 472. The van der Waals surface area contributed by atoms with Crippen LogP contribution >= 0.6 is 0 Å². The number of nitrogens with two attached hydrogens (primary N) is 1. The van der Waals surface area contributed by atoms with Gasteiger partial charge in [0.15, 0.2) is 0 Å². The number of hydrogen-bond donors (Lipinski definition) is 2. The Kier molecular flexibility index (Phi) is 3.89. The number of nitro benzene ring substituents is 1. The van der Waals surface area contributed by atoms with Gasteiger partial charge in [0.1, 0.15) is 5.84 Å². The average molecular weight is 236 g/mol. The minimum absolute atomic E-state index is 0.0623. The first-order chi connectivity index (χ1) is 7.93. The zero-order valence-electron chi connectivity index (χ0n) is 9.21. The Hall–Kier alpha value is -2.28. The Morgan fingerprint density at radius 2 is 2.12 bits per heavy atom. The van der Waals surface area contributed by atoms with Gasteiger partial charge in [-0.3, -0.25) is 20.3 Å². The second kappa shape index (κ2) is 5.17. The molecule has 0 fully saturated rings. The maximum Gasteiger partial charge on any atom is 0.273 e. The van der Waals surface area contributed by atoms with Crippen LogP contribution in [0.2, 0.25) is 0 Å².